The van der Waals surface area contributed by atoms with E-state index in [4.69, 9.17) is 14.2 Å². The molecule has 1 saturated heterocycles. The Morgan fingerprint density at radius 3 is 2.72 bits per heavy atom. The fourth-order valence-corrected chi connectivity index (χ4v) is 1.97. The van der Waals surface area contributed by atoms with E-state index in [0.717, 1.165) is 5.56 Å². The van der Waals surface area contributed by atoms with Crippen molar-refractivity contribution in [3.05, 3.63) is 29.8 Å². The second-order valence-electron chi connectivity index (χ2n) is 4.63. The van der Waals surface area contributed by atoms with Gasteiger partial charge in [-0.05, 0) is 19.9 Å². The van der Waals surface area contributed by atoms with Gasteiger partial charge in [-0.2, -0.15) is 0 Å². The minimum atomic E-state index is -0.722. The van der Waals surface area contributed by atoms with Crippen LogP contribution in [0.2, 0.25) is 0 Å². The summed E-state index contributed by atoms with van der Waals surface area (Å²) in [5, 5.41) is 10.4. The molecule has 1 aliphatic rings. The van der Waals surface area contributed by atoms with Crippen LogP contribution in [-0.4, -0.2) is 37.1 Å². The molecular weight excluding hydrogens is 232 g/mol. The van der Waals surface area contributed by atoms with E-state index < -0.39 is 6.10 Å². The molecule has 0 radical (unpaired) electrons. The molecule has 0 bridgehead atoms. The first kappa shape index (κ1) is 13.3. The second kappa shape index (κ2) is 6.18. The largest absolute Gasteiger partial charge is 0.491 e. The molecule has 2 atom stereocenters. The van der Waals surface area contributed by atoms with E-state index in [-0.39, 0.29) is 12.2 Å². The Bertz CT molecular complexity index is 372. The number of benzene rings is 1. The molecule has 0 aliphatic carbocycles. The highest BCUT2D eigenvalue weighted by molar-refractivity contribution is 5.35. The zero-order valence-corrected chi connectivity index (χ0v) is 10.8. The Hall–Kier alpha value is -1.10. The molecule has 2 rings (SSSR count). The predicted molar refractivity (Wildman–Crippen MR) is 67.7 cm³/mol. The topological polar surface area (TPSA) is 47.9 Å². The van der Waals surface area contributed by atoms with E-state index >= 15 is 0 Å². The van der Waals surface area contributed by atoms with Crippen LogP contribution in [0.1, 0.15) is 25.5 Å². The molecule has 0 amide bonds. The summed E-state index contributed by atoms with van der Waals surface area (Å²) >= 11 is 0. The number of aliphatic hydroxyl groups excluding tert-OH is 1. The van der Waals surface area contributed by atoms with Gasteiger partial charge in [-0.15, -0.1) is 0 Å². The van der Waals surface area contributed by atoms with Crippen molar-refractivity contribution in [1.82, 2.24) is 0 Å². The van der Waals surface area contributed by atoms with E-state index in [1.165, 1.54) is 0 Å². The van der Waals surface area contributed by atoms with Crippen LogP contribution in [0.15, 0.2) is 24.3 Å². The summed E-state index contributed by atoms with van der Waals surface area (Å²) < 4.78 is 16.5. The number of para-hydroxylation sites is 1. The number of hydrogen-bond donors (Lipinski definition) is 1. The summed E-state index contributed by atoms with van der Waals surface area (Å²) in [7, 11) is 0. The smallest absolute Gasteiger partial charge is 0.125 e. The number of rotatable bonds is 4. The number of hydrogen-bond acceptors (Lipinski definition) is 4. The molecule has 1 aromatic carbocycles. The van der Waals surface area contributed by atoms with Crippen molar-refractivity contribution in [2.75, 3.05) is 19.8 Å². The van der Waals surface area contributed by atoms with Crippen LogP contribution in [0.5, 0.6) is 5.75 Å². The van der Waals surface area contributed by atoms with Crippen LogP contribution in [0.3, 0.4) is 0 Å². The van der Waals surface area contributed by atoms with Gasteiger partial charge in [-0.1, -0.05) is 18.2 Å². The molecule has 1 N–H and O–H groups in total. The van der Waals surface area contributed by atoms with Crippen LogP contribution >= 0.6 is 0 Å². The summed E-state index contributed by atoms with van der Waals surface area (Å²) in [6.07, 6.45) is -0.974. The number of ether oxygens (including phenoxy) is 3. The highest BCUT2D eigenvalue weighted by atomic mass is 16.6. The Morgan fingerprint density at radius 1 is 1.28 bits per heavy atom. The molecule has 2 unspecified atom stereocenters. The van der Waals surface area contributed by atoms with Gasteiger partial charge >= 0.3 is 0 Å². The molecule has 0 spiro atoms. The van der Waals surface area contributed by atoms with Crippen molar-refractivity contribution in [1.29, 1.82) is 0 Å². The van der Waals surface area contributed by atoms with E-state index in [2.05, 4.69) is 0 Å². The standard InChI is InChI=1S/C14H20O4/c1-10(2)18-12-6-4-3-5-11(12)14(15)13-9-16-7-8-17-13/h3-6,10,13-15H,7-9H2,1-2H3. The lowest BCUT2D eigenvalue weighted by Crippen LogP contribution is -2.34. The minimum Gasteiger partial charge on any atom is -0.491 e. The van der Waals surface area contributed by atoms with Gasteiger partial charge in [-0.25, -0.2) is 0 Å². The van der Waals surface area contributed by atoms with Gasteiger partial charge < -0.3 is 19.3 Å². The van der Waals surface area contributed by atoms with Crippen LogP contribution in [-0.2, 0) is 9.47 Å². The Kier molecular flexibility index (Phi) is 4.58. The molecule has 1 fully saturated rings. The molecule has 1 aliphatic heterocycles. The summed E-state index contributed by atoms with van der Waals surface area (Å²) in [4.78, 5) is 0. The fourth-order valence-electron chi connectivity index (χ4n) is 1.97. The summed E-state index contributed by atoms with van der Waals surface area (Å²) in [5.74, 6) is 0.703. The Labute approximate surface area is 107 Å². The summed E-state index contributed by atoms with van der Waals surface area (Å²) in [5.41, 5.74) is 0.752. The number of aliphatic hydroxyl groups is 1. The highest BCUT2D eigenvalue weighted by Gasteiger charge is 2.27. The molecule has 0 saturated carbocycles. The first-order valence-electron chi connectivity index (χ1n) is 6.31. The Balaban J connectivity index is 2.15. The van der Waals surface area contributed by atoms with Crippen molar-refractivity contribution in [2.24, 2.45) is 0 Å². The first-order valence-corrected chi connectivity index (χ1v) is 6.31. The van der Waals surface area contributed by atoms with Crippen molar-refractivity contribution >= 4 is 0 Å². The summed E-state index contributed by atoms with van der Waals surface area (Å²) in [6.45, 7) is 5.45. The molecule has 0 aromatic heterocycles. The van der Waals surface area contributed by atoms with E-state index in [0.29, 0.717) is 25.6 Å². The van der Waals surface area contributed by atoms with Crippen LogP contribution in [0, 0.1) is 0 Å². The molecule has 100 valence electrons. The van der Waals surface area contributed by atoms with E-state index in [1.807, 2.05) is 38.1 Å². The SMILES string of the molecule is CC(C)Oc1ccccc1C(O)C1COCCO1. The third-order valence-corrected chi connectivity index (χ3v) is 2.79. The average molecular weight is 252 g/mol. The molecule has 4 nitrogen and oxygen atoms in total. The molecule has 1 heterocycles. The third-order valence-electron chi connectivity index (χ3n) is 2.79. The molecule has 1 aromatic rings. The van der Waals surface area contributed by atoms with Crippen LogP contribution in [0.4, 0.5) is 0 Å². The molecule has 4 heteroatoms. The van der Waals surface area contributed by atoms with Crippen molar-refractivity contribution in [2.45, 2.75) is 32.2 Å². The van der Waals surface area contributed by atoms with Crippen molar-refractivity contribution in [3.63, 3.8) is 0 Å². The van der Waals surface area contributed by atoms with Gasteiger partial charge in [-0.3, -0.25) is 0 Å². The lowest BCUT2D eigenvalue weighted by atomic mass is 10.0. The maximum Gasteiger partial charge on any atom is 0.125 e. The van der Waals surface area contributed by atoms with E-state index in [1.54, 1.807) is 0 Å². The maximum absolute atomic E-state index is 10.4. The molecular formula is C14H20O4. The lowest BCUT2D eigenvalue weighted by Gasteiger charge is -2.28. The van der Waals surface area contributed by atoms with Crippen LogP contribution in [0.25, 0.3) is 0 Å². The highest BCUT2D eigenvalue weighted by Crippen LogP contribution is 2.30. The van der Waals surface area contributed by atoms with Gasteiger partial charge in [0.25, 0.3) is 0 Å². The van der Waals surface area contributed by atoms with Gasteiger partial charge in [0.1, 0.15) is 18.0 Å². The minimum absolute atomic E-state index is 0.0712. The zero-order chi connectivity index (χ0) is 13.0. The molecule has 18 heavy (non-hydrogen) atoms. The van der Waals surface area contributed by atoms with Gasteiger partial charge in [0.15, 0.2) is 0 Å². The van der Waals surface area contributed by atoms with E-state index in [9.17, 15) is 5.11 Å². The average Bonchev–Trinajstić information content (AvgIpc) is 2.39. The lowest BCUT2D eigenvalue weighted by molar-refractivity contribution is -0.133. The maximum atomic E-state index is 10.4. The quantitative estimate of drug-likeness (QED) is 0.889. The monoisotopic (exact) mass is 252 g/mol. The third kappa shape index (κ3) is 3.22. The second-order valence-corrected chi connectivity index (χ2v) is 4.63. The Morgan fingerprint density at radius 2 is 2.06 bits per heavy atom. The first-order chi connectivity index (χ1) is 8.68. The zero-order valence-electron chi connectivity index (χ0n) is 10.8. The van der Waals surface area contributed by atoms with Crippen molar-refractivity contribution in [3.8, 4) is 5.75 Å². The van der Waals surface area contributed by atoms with Crippen LogP contribution < -0.4 is 4.74 Å². The fraction of sp³-hybridized carbons (Fsp3) is 0.571. The summed E-state index contributed by atoms with van der Waals surface area (Å²) in [6, 6.07) is 7.50. The predicted octanol–water partition coefficient (Wildman–Crippen LogP) is 1.92. The van der Waals surface area contributed by atoms with Gasteiger partial charge in [0.05, 0.1) is 25.9 Å². The van der Waals surface area contributed by atoms with Gasteiger partial charge in [0.2, 0.25) is 0 Å². The van der Waals surface area contributed by atoms with Gasteiger partial charge in [0, 0.05) is 5.56 Å². The van der Waals surface area contributed by atoms with Crippen molar-refractivity contribution < 1.29 is 19.3 Å². The normalized spacial score (nSPS) is 21.9.